The topological polar surface area (TPSA) is 18.5 Å². The third kappa shape index (κ3) is 3.47. The van der Waals surface area contributed by atoms with E-state index in [1.807, 2.05) is 18.2 Å². The Kier molecular flexibility index (Phi) is 5.24. The lowest BCUT2D eigenvalue weighted by molar-refractivity contribution is 0.357. The predicted octanol–water partition coefficient (Wildman–Crippen LogP) is 7.23. The molecule has 146 valence electrons. The second-order valence-corrected chi connectivity index (χ2v) is 7.45. The molecule has 0 fully saturated rings. The Hall–Kier alpha value is -2.92. The van der Waals surface area contributed by atoms with Gasteiger partial charge in [0.15, 0.2) is 11.5 Å². The molecule has 29 heavy (non-hydrogen) atoms. The van der Waals surface area contributed by atoms with Crippen LogP contribution in [0.4, 0.5) is 8.78 Å². The van der Waals surface area contributed by atoms with Gasteiger partial charge in [-0.15, -0.1) is 0 Å². The Labute approximate surface area is 175 Å². The normalized spacial score (nSPS) is 10.9. The van der Waals surface area contributed by atoms with Gasteiger partial charge >= 0.3 is 0 Å². The van der Waals surface area contributed by atoms with Crippen molar-refractivity contribution in [3.8, 4) is 33.8 Å². The lowest BCUT2D eigenvalue weighted by Gasteiger charge is -2.18. The first-order valence-electron chi connectivity index (χ1n) is 8.92. The number of benzene rings is 4. The molecule has 4 aromatic rings. The minimum Gasteiger partial charge on any atom is -0.492 e. The second kappa shape index (κ2) is 7.84. The van der Waals surface area contributed by atoms with Gasteiger partial charge in [-0.1, -0.05) is 40.2 Å². The second-order valence-electron chi connectivity index (χ2n) is 6.53. The van der Waals surface area contributed by atoms with E-state index in [0.29, 0.717) is 33.8 Å². The van der Waals surface area contributed by atoms with Crippen molar-refractivity contribution in [3.63, 3.8) is 0 Å². The molecule has 0 saturated heterocycles. The summed E-state index contributed by atoms with van der Waals surface area (Å²) < 4.78 is 41.4. The van der Waals surface area contributed by atoms with Crippen molar-refractivity contribution < 1.29 is 18.3 Å². The molecule has 0 heterocycles. The van der Waals surface area contributed by atoms with E-state index in [2.05, 4.69) is 15.9 Å². The molecule has 2 nitrogen and oxygen atoms in total. The molecule has 0 saturated carbocycles. The highest BCUT2D eigenvalue weighted by Crippen LogP contribution is 2.46. The minimum atomic E-state index is -0.376. The van der Waals surface area contributed by atoms with Crippen LogP contribution in [-0.4, -0.2) is 14.2 Å². The van der Waals surface area contributed by atoms with E-state index < -0.39 is 0 Å². The minimum absolute atomic E-state index is 0.349. The summed E-state index contributed by atoms with van der Waals surface area (Å²) in [5, 5.41) is 1.68. The molecule has 0 unspecified atom stereocenters. The van der Waals surface area contributed by atoms with E-state index in [-0.39, 0.29) is 11.6 Å². The maximum absolute atomic E-state index is 15.0. The lowest BCUT2D eigenvalue weighted by Crippen LogP contribution is -1.98. The van der Waals surface area contributed by atoms with Gasteiger partial charge < -0.3 is 9.47 Å². The molecule has 0 aliphatic rings. The summed E-state index contributed by atoms with van der Waals surface area (Å²) in [5.74, 6) is -0.0495. The number of ether oxygens (including phenoxy) is 2. The van der Waals surface area contributed by atoms with Gasteiger partial charge in [0.25, 0.3) is 0 Å². The standard InChI is InChI=1S/C24H17BrF2O2/c1-28-23-18(17-5-3-4-6-21(17)26)9-10-19(24(23)29-2)20-12-15-11-16(25)8-7-14(15)13-22(20)27/h3-13H,1-2H3. The zero-order valence-electron chi connectivity index (χ0n) is 15.8. The van der Waals surface area contributed by atoms with E-state index in [0.717, 1.165) is 15.2 Å². The van der Waals surface area contributed by atoms with Crippen molar-refractivity contribution in [1.82, 2.24) is 0 Å². The predicted molar refractivity (Wildman–Crippen MR) is 116 cm³/mol. The average Bonchev–Trinajstić information content (AvgIpc) is 2.73. The Bertz CT molecular complexity index is 1220. The van der Waals surface area contributed by atoms with Crippen molar-refractivity contribution >= 4 is 26.7 Å². The SMILES string of the molecule is COc1c(-c2ccccc2F)ccc(-c2cc3cc(Br)ccc3cc2F)c1OC. The number of methoxy groups -OCH3 is 2. The van der Waals surface area contributed by atoms with E-state index in [4.69, 9.17) is 9.47 Å². The molecule has 0 spiro atoms. The molecule has 0 atom stereocenters. The molecule has 5 heteroatoms. The fourth-order valence-electron chi connectivity index (χ4n) is 3.52. The summed E-state index contributed by atoms with van der Waals surface area (Å²) in [5.41, 5.74) is 1.84. The van der Waals surface area contributed by atoms with E-state index in [1.165, 1.54) is 26.4 Å². The summed E-state index contributed by atoms with van der Waals surface area (Å²) in [6, 6.07) is 18.8. The summed E-state index contributed by atoms with van der Waals surface area (Å²) in [6.45, 7) is 0. The smallest absolute Gasteiger partial charge is 0.169 e. The van der Waals surface area contributed by atoms with Crippen LogP contribution in [0.5, 0.6) is 11.5 Å². The number of halogens is 3. The molecule has 0 aromatic heterocycles. The van der Waals surface area contributed by atoms with Gasteiger partial charge in [0.05, 0.1) is 14.2 Å². The van der Waals surface area contributed by atoms with Crippen LogP contribution in [0.1, 0.15) is 0 Å². The zero-order chi connectivity index (χ0) is 20.5. The highest BCUT2D eigenvalue weighted by atomic mass is 79.9. The van der Waals surface area contributed by atoms with Crippen LogP contribution in [0.2, 0.25) is 0 Å². The molecule has 0 N–H and O–H groups in total. The molecule has 0 aliphatic carbocycles. The fourth-order valence-corrected chi connectivity index (χ4v) is 3.90. The molecular weight excluding hydrogens is 438 g/mol. The van der Waals surface area contributed by atoms with Crippen molar-refractivity contribution in [2.45, 2.75) is 0 Å². The van der Waals surface area contributed by atoms with Crippen LogP contribution in [-0.2, 0) is 0 Å². The molecule has 4 aromatic carbocycles. The Morgan fingerprint density at radius 2 is 1.28 bits per heavy atom. The Morgan fingerprint density at radius 3 is 1.93 bits per heavy atom. The fraction of sp³-hybridized carbons (Fsp3) is 0.0833. The summed E-state index contributed by atoms with van der Waals surface area (Å²) >= 11 is 3.45. The van der Waals surface area contributed by atoms with Crippen LogP contribution in [0.15, 0.2) is 71.2 Å². The quantitative estimate of drug-likeness (QED) is 0.323. The summed E-state index contributed by atoms with van der Waals surface area (Å²) in [6.07, 6.45) is 0. The number of hydrogen-bond donors (Lipinski definition) is 0. The maximum atomic E-state index is 15.0. The van der Waals surface area contributed by atoms with Crippen LogP contribution < -0.4 is 9.47 Å². The van der Waals surface area contributed by atoms with E-state index >= 15 is 0 Å². The largest absolute Gasteiger partial charge is 0.492 e. The Balaban J connectivity index is 1.97. The van der Waals surface area contributed by atoms with Crippen molar-refractivity contribution in [2.75, 3.05) is 14.2 Å². The average molecular weight is 455 g/mol. The number of fused-ring (bicyclic) bond motifs is 1. The van der Waals surface area contributed by atoms with E-state index in [1.54, 1.807) is 36.4 Å². The van der Waals surface area contributed by atoms with Gasteiger partial charge in [0.2, 0.25) is 0 Å². The molecule has 0 bridgehead atoms. The highest BCUT2D eigenvalue weighted by Gasteiger charge is 2.21. The molecule has 4 rings (SSSR count). The van der Waals surface area contributed by atoms with Gasteiger partial charge in [0.1, 0.15) is 11.6 Å². The maximum Gasteiger partial charge on any atom is 0.169 e. The first kappa shape index (κ1) is 19.4. The summed E-state index contributed by atoms with van der Waals surface area (Å²) in [4.78, 5) is 0. The van der Waals surface area contributed by atoms with E-state index in [9.17, 15) is 8.78 Å². The number of hydrogen-bond acceptors (Lipinski definition) is 2. The first-order chi connectivity index (χ1) is 14.0. The summed E-state index contributed by atoms with van der Waals surface area (Å²) in [7, 11) is 2.97. The van der Waals surface area contributed by atoms with Crippen molar-refractivity contribution in [1.29, 1.82) is 0 Å². The van der Waals surface area contributed by atoms with Gasteiger partial charge in [0, 0.05) is 26.7 Å². The third-order valence-electron chi connectivity index (χ3n) is 4.86. The molecular formula is C24H17BrF2O2. The van der Waals surface area contributed by atoms with Gasteiger partial charge in [-0.2, -0.15) is 0 Å². The van der Waals surface area contributed by atoms with Crippen LogP contribution in [0, 0.1) is 11.6 Å². The van der Waals surface area contributed by atoms with Crippen LogP contribution in [0.3, 0.4) is 0 Å². The zero-order valence-corrected chi connectivity index (χ0v) is 17.4. The first-order valence-corrected chi connectivity index (χ1v) is 9.72. The van der Waals surface area contributed by atoms with Crippen LogP contribution in [0.25, 0.3) is 33.0 Å². The lowest BCUT2D eigenvalue weighted by atomic mass is 9.95. The third-order valence-corrected chi connectivity index (χ3v) is 5.36. The van der Waals surface area contributed by atoms with Crippen molar-refractivity contribution in [2.24, 2.45) is 0 Å². The molecule has 0 amide bonds. The highest BCUT2D eigenvalue weighted by molar-refractivity contribution is 9.10. The van der Waals surface area contributed by atoms with Crippen molar-refractivity contribution in [3.05, 3.63) is 82.8 Å². The number of rotatable bonds is 4. The Morgan fingerprint density at radius 1 is 0.621 bits per heavy atom. The molecule has 0 radical (unpaired) electrons. The van der Waals surface area contributed by atoms with Gasteiger partial charge in [-0.05, 0) is 53.2 Å². The van der Waals surface area contributed by atoms with Crippen LogP contribution >= 0.6 is 15.9 Å². The monoisotopic (exact) mass is 454 g/mol. The molecule has 0 aliphatic heterocycles. The van der Waals surface area contributed by atoms with Gasteiger partial charge in [-0.3, -0.25) is 0 Å². The van der Waals surface area contributed by atoms with Gasteiger partial charge in [-0.25, -0.2) is 8.78 Å².